The van der Waals surface area contributed by atoms with Gasteiger partial charge in [-0.05, 0) is 56.7 Å². The Kier molecular flexibility index (Phi) is 13.1. The number of ether oxygens (including phenoxy) is 1. The van der Waals surface area contributed by atoms with Crippen LogP contribution in [0.2, 0.25) is 0 Å². The number of hydrogen-bond acceptors (Lipinski definition) is 6. The van der Waals surface area contributed by atoms with Crippen LogP contribution in [0.5, 0.6) is 5.75 Å². The summed E-state index contributed by atoms with van der Waals surface area (Å²) in [5.41, 5.74) is 1.98. The maximum atomic E-state index is 13.7. The van der Waals surface area contributed by atoms with E-state index in [1.165, 1.54) is 6.42 Å². The van der Waals surface area contributed by atoms with Crippen molar-refractivity contribution in [3.63, 3.8) is 0 Å². The van der Waals surface area contributed by atoms with Gasteiger partial charge in [-0.3, -0.25) is 14.4 Å². The molecular weight excluding hydrogens is 556 g/mol. The summed E-state index contributed by atoms with van der Waals surface area (Å²) in [6.45, 7) is 5.19. The Morgan fingerprint density at radius 1 is 1.05 bits per heavy atom. The van der Waals surface area contributed by atoms with Crippen molar-refractivity contribution in [2.75, 3.05) is 24.6 Å². The second-order valence-corrected chi connectivity index (χ2v) is 12.2. The Balaban J connectivity index is 1.46. The number of nitrogens with one attached hydrogen (secondary N) is 3. The van der Waals surface area contributed by atoms with Crippen LogP contribution in [-0.4, -0.2) is 66.8 Å². The molecular formula is C35H50N4O5. The molecule has 1 saturated heterocycles. The van der Waals surface area contributed by atoms with E-state index >= 15 is 0 Å². The average molecular weight is 607 g/mol. The molecule has 2 aliphatic rings. The van der Waals surface area contributed by atoms with E-state index in [4.69, 9.17) is 4.74 Å². The van der Waals surface area contributed by atoms with Crippen molar-refractivity contribution in [2.45, 2.75) is 109 Å². The van der Waals surface area contributed by atoms with Crippen LogP contribution in [0, 0.1) is 0 Å². The van der Waals surface area contributed by atoms with Crippen molar-refractivity contribution >= 4 is 23.4 Å². The van der Waals surface area contributed by atoms with E-state index < -0.39 is 18.2 Å². The van der Waals surface area contributed by atoms with Gasteiger partial charge in [0.15, 0.2) is 0 Å². The van der Waals surface area contributed by atoms with Crippen molar-refractivity contribution < 1.29 is 24.2 Å². The molecule has 1 aliphatic carbocycles. The van der Waals surface area contributed by atoms with Gasteiger partial charge in [0.25, 0.3) is 5.91 Å². The number of benzene rings is 2. The summed E-state index contributed by atoms with van der Waals surface area (Å²) >= 11 is 0. The first-order valence-corrected chi connectivity index (χ1v) is 16.5. The Labute approximate surface area is 262 Å². The van der Waals surface area contributed by atoms with Crippen LogP contribution in [0.25, 0.3) is 0 Å². The van der Waals surface area contributed by atoms with E-state index in [1.54, 1.807) is 24.0 Å². The summed E-state index contributed by atoms with van der Waals surface area (Å²) < 4.78 is 6.01. The molecule has 3 amide bonds. The highest BCUT2D eigenvalue weighted by Gasteiger charge is 2.27. The van der Waals surface area contributed by atoms with Crippen molar-refractivity contribution in [1.82, 2.24) is 16.0 Å². The molecule has 4 N–H and O–H groups in total. The molecule has 3 atom stereocenters. The molecule has 2 aromatic carbocycles. The number of carbonyl (C=O) groups excluding carboxylic acids is 3. The van der Waals surface area contributed by atoms with Crippen LogP contribution in [0.3, 0.4) is 0 Å². The molecule has 9 nitrogen and oxygen atoms in total. The highest BCUT2D eigenvalue weighted by Crippen LogP contribution is 2.28. The van der Waals surface area contributed by atoms with Crippen LogP contribution >= 0.6 is 0 Å². The standard InChI is InChI=1S/C35H50N4O5/c1-3-4-11-19-44-30-22-27(21-29(23-30)39-18-12-17-33(39)41)35(43)38-31(20-26-13-7-5-8-14-26)32(40)24-36-25(2)34(42)37-28-15-9-6-10-16-28/h5,7-8,13-14,21-23,25,28,31-32,36,40H,3-4,6,9-12,15-20,24H2,1-2H3,(H,37,42)(H,38,43)/t25-,31-,32-/m0/s1. The molecule has 2 aromatic rings. The first-order chi connectivity index (χ1) is 21.3. The van der Waals surface area contributed by atoms with Gasteiger partial charge in [0.05, 0.1) is 24.8 Å². The molecule has 0 spiro atoms. The summed E-state index contributed by atoms with van der Waals surface area (Å²) in [4.78, 5) is 40.8. The SMILES string of the molecule is CCCCCOc1cc(C(=O)N[C@@H](Cc2ccccc2)[C@@H](O)CN[C@@H](C)C(=O)NC2CCCCC2)cc(N2CCCC2=O)c1. The van der Waals surface area contributed by atoms with Gasteiger partial charge in [-0.25, -0.2) is 0 Å². The number of hydrogen-bond donors (Lipinski definition) is 4. The summed E-state index contributed by atoms with van der Waals surface area (Å²) in [7, 11) is 0. The van der Waals surface area contributed by atoms with Gasteiger partial charge in [-0.2, -0.15) is 0 Å². The molecule has 0 bridgehead atoms. The Morgan fingerprint density at radius 3 is 2.52 bits per heavy atom. The number of unbranched alkanes of at least 4 members (excludes halogenated alkanes) is 2. The van der Waals surface area contributed by atoms with Crippen molar-refractivity contribution in [3.8, 4) is 5.75 Å². The normalized spacial score (nSPS) is 17.6. The minimum absolute atomic E-state index is 0.0320. The molecule has 2 fully saturated rings. The molecule has 1 saturated carbocycles. The molecule has 0 aromatic heterocycles. The molecule has 1 heterocycles. The Hall–Kier alpha value is -3.43. The van der Waals surface area contributed by atoms with Gasteiger partial charge in [0, 0.05) is 42.9 Å². The lowest BCUT2D eigenvalue weighted by atomic mass is 9.95. The van der Waals surface area contributed by atoms with Crippen LogP contribution in [0.15, 0.2) is 48.5 Å². The smallest absolute Gasteiger partial charge is 0.251 e. The van der Waals surface area contributed by atoms with Crippen molar-refractivity contribution in [3.05, 3.63) is 59.7 Å². The van der Waals surface area contributed by atoms with Gasteiger partial charge in [0.1, 0.15) is 5.75 Å². The van der Waals surface area contributed by atoms with Gasteiger partial charge in [0.2, 0.25) is 11.8 Å². The second kappa shape index (κ2) is 17.2. The van der Waals surface area contributed by atoms with E-state index in [2.05, 4.69) is 22.9 Å². The third-order valence-electron chi connectivity index (χ3n) is 8.61. The molecule has 44 heavy (non-hydrogen) atoms. The number of aliphatic hydroxyl groups excluding tert-OH is 1. The van der Waals surface area contributed by atoms with E-state index in [0.717, 1.165) is 56.9 Å². The Morgan fingerprint density at radius 2 is 1.82 bits per heavy atom. The number of carbonyl (C=O) groups is 3. The lowest BCUT2D eigenvalue weighted by Gasteiger charge is -2.28. The highest BCUT2D eigenvalue weighted by atomic mass is 16.5. The summed E-state index contributed by atoms with van der Waals surface area (Å²) in [6.07, 6.45) is 9.22. The summed E-state index contributed by atoms with van der Waals surface area (Å²) in [5, 5.41) is 20.7. The fourth-order valence-corrected chi connectivity index (χ4v) is 5.93. The Bertz CT molecular complexity index is 1220. The zero-order valence-corrected chi connectivity index (χ0v) is 26.4. The second-order valence-electron chi connectivity index (χ2n) is 12.2. The van der Waals surface area contributed by atoms with Crippen LogP contribution in [0.4, 0.5) is 5.69 Å². The van der Waals surface area contributed by atoms with E-state index in [0.29, 0.717) is 43.0 Å². The zero-order valence-electron chi connectivity index (χ0n) is 26.4. The zero-order chi connectivity index (χ0) is 31.3. The predicted molar refractivity (Wildman–Crippen MR) is 173 cm³/mol. The van der Waals surface area contributed by atoms with Crippen LogP contribution in [0.1, 0.15) is 94.0 Å². The molecule has 240 valence electrons. The van der Waals surface area contributed by atoms with Gasteiger partial charge in [-0.15, -0.1) is 0 Å². The molecule has 0 unspecified atom stereocenters. The minimum Gasteiger partial charge on any atom is -0.493 e. The topological polar surface area (TPSA) is 120 Å². The third-order valence-corrected chi connectivity index (χ3v) is 8.61. The number of aliphatic hydroxyl groups is 1. The van der Waals surface area contributed by atoms with E-state index in [1.807, 2.05) is 36.4 Å². The average Bonchev–Trinajstić information content (AvgIpc) is 3.48. The third kappa shape index (κ3) is 10.1. The molecule has 9 heteroatoms. The number of amides is 3. The first kappa shape index (κ1) is 33.5. The fourth-order valence-electron chi connectivity index (χ4n) is 5.93. The molecule has 0 radical (unpaired) electrons. The quantitative estimate of drug-likeness (QED) is 0.209. The lowest BCUT2D eigenvalue weighted by Crippen LogP contribution is -2.53. The highest BCUT2D eigenvalue weighted by molar-refractivity contribution is 5.99. The monoisotopic (exact) mass is 606 g/mol. The largest absolute Gasteiger partial charge is 0.493 e. The van der Waals surface area contributed by atoms with Crippen molar-refractivity contribution in [1.29, 1.82) is 0 Å². The molecule has 1 aliphatic heterocycles. The number of rotatable bonds is 16. The fraction of sp³-hybridized carbons (Fsp3) is 0.571. The number of nitrogens with zero attached hydrogens (tertiary/aromatic N) is 1. The van der Waals surface area contributed by atoms with Crippen LogP contribution in [-0.2, 0) is 16.0 Å². The maximum Gasteiger partial charge on any atom is 0.251 e. The van der Waals surface area contributed by atoms with E-state index in [9.17, 15) is 19.5 Å². The lowest BCUT2D eigenvalue weighted by molar-refractivity contribution is -0.123. The van der Waals surface area contributed by atoms with E-state index in [-0.39, 0.29) is 30.3 Å². The van der Waals surface area contributed by atoms with Gasteiger partial charge < -0.3 is 30.7 Å². The summed E-state index contributed by atoms with van der Waals surface area (Å²) in [5.74, 6) is 0.139. The first-order valence-electron chi connectivity index (χ1n) is 16.5. The van der Waals surface area contributed by atoms with Gasteiger partial charge in [-0.1, -0.05) is 69.4 Å². The predicted octanol–water partition coefficient (Wildman–Crippen LogP) is 4.51. The maximum absolute atomic E-state index is 13.7. The number of anilines is 1. The minimum atomic E-state index is -0.961. The molecule has 4 rings (SSSR count). The van der Waals surface area contributed by atoms with Gasteiger partial charge >= 0.3 is 0 Å². The van der Waals surface area contributed by atoms with Crippen LogP contribution < -0.4 is 25.6 Å². The van der Waals surface area contributed by atoms with Crippen molar-refractivity contribution in [2.24, 2.45) is 0 Å². The summed E-state index contributed by atoms with van der Waals surface area (Å²) in [6, 6.07) is 14.0.